The van der Waals surface area contributed by atoms with Gasteiger partial charge in [0.1, 0.15) is 5.60 Å². The van der Waals surface area contributed by atoms with E-state index in [1.165, 1.54) is 0 Å². The van der Waals surface area contributed by atoms with Crippen LogP contribution in [0.2, 0.25) is 0 Å². The molecule has 1 rings (SSSR count). The van der Waals surface area contributed by atoms with Crippen molar-refractivity contribution in [2.45, 2.75) is 26.4 Å². The quantitative estimate of drug-likeness (QED) is 0.577. The van der Waals surface area contributed by atoms with Gasteiger partial charge in [-0.25, -0.2) is 9.59 Å². The number of benzene rings is 1. The summed E-state index contributed by atoms with van der Waals surface area (Å²) in [6.45, 7) is 5.14. The number of methoxy groups -OCH3 is 1. The zero-order valence-electron chi connectivity index (χ0n) is 11.4. The molecule has 0 saturated heterocycles. The van der Waals surface area contributed by atoms with Gasteiger partial charge in [0.25, 0.3) is 0 Å². The minimum Gasteiger partial charge on any atom is -0.441 e. The Balaban J connectivity index is 2.93. The largest absolute Gasteiger partial charge is 0.533 e. The molecule has 104 valence electrons. The number of rotatable bonds is 1. The minimum atomic E-state index is -1.00. The first-order valence-electron chi connectivity index (χ1n) is 5.67. The van der Waals surface area contributed by atoms with Crippen molar-refractivity contribution in [3.63, 3.8) is 0 Å². The zero-order valence-corrected chi connectivity index (χ0v) is 11.4. The van der Waals surface area contributed by atoms with Crippen molar-refractivity contribution >= 4 is 17.9 Å². The molecule has 1 aromatic rings. The number of nitrogens with zero attached hydrogens (tertiary/aromatic N) is 1. The molecule has 0 bridgehead atoms. The van der Waals surface area contributed by atoms with E-state index in [9.17, 15) is 9.59 Å². The minimum absolute atomic E-state index is 0.363. The number of amides is 1. The number of para-hydroxylation sites is 1. The molecule has 0 N–H and O–H groups in total. The van der Waals surface area contributed by atoms with E-state index >= 15 is 0 Å². The number of ether oxygens (including phenoxy) is 2. The Morgan fingerprint density at radius 3 is 2.16 bits per heavy atom. The Morgan fingerprint density at radius 1 is 1.11 bits per heavy atom. The maximum atomic E-state index is 12.0. The highest BCUT2D eigenvalue weighted by atomic mass is 16.8. The van der Waals surface area contributed by atoms with Crippen LogP contribution in [-0.2, 0) is 14.3 Å². The molecule has 0 fully saturated rings. The third-order valence-corrected chi connectivity index (χ3v) is 1.88. The summed E-state index contributed by atoms with van der Waals surface area (Å²) in [6, 6.07) is 8.38. The molecule has 0 aliphatic heterocycles. The van der Waals surface area contributed by atoms with E-state index in [2.05, 4.69) is 4.74 Å². The molecule has 0 aliphatic rings. The van der Waals surface area contributed by atoms with Gasteiger partial charge in [0.2, 0.25) is 0 Å². The maximum absolute atomic E-state index is 12.0. The fraction of sp³-hybridized carbons (Fsp3) is 0.385. The van der Waals surface area contributed by atoms with Crippen LogP contribution in [0.1, 0.15) is 20.8 Å². The summed E-state index contributed by atoms with van der Waals surface area (Å²) in [6.07, 6.45) is -1.81. The second-order valence-corrected chi connectivity index (χ2v) is 4.66. The highest BCUT2D eigenvalue weighted by molar-refractivity contribution is 5.87. The summed E-state index contributed by atoms with van der Waals surface area (Å²) in [7, 11) is 1.15. The molecule has 6 heteroatoms. The molecule has 1 amide bonds. The average molecular weight is 267 g/mol. The van der Waals surface area contributed by atoms with Crippen LogP contribution in [0.5, 0.6) is 0 Å². The van der Waals surface area contributed by atoms with Gasteiger partial charge in [-0.2, -0.15) is 0 Å². The molecule has 0 spiro atoms. The standard InChI is InChI=1S/C13H17NO5/c1-13(2,3)18-11(15)14(19-12(16)17-4)10-8-6-5-7-9-10/h5-9H,1-4H3. The molecular weight excluding hydrogens is 250 g/mol. The fourth-order valence-corrected chi connectivity index (χ4v) is 1.17. The van der Waals surface area contributed by atoms with Gasteiger partial charge in [0.05, 0.1) is 12.8 Å². The molecule has 1 aromatic carbocycles. The zero-order chi connectivity index (χ0) is 14.5. The molecule has 0 atom stereocenters. The highest BCUT2D eigenvalue weighted by Crippen LogP contribution is 2.18. The lowest BCUT2D eigenvalue weighted by Gasteiger charge is -2.25. The van der Waals surface area contributed by atoms with Crippen LogP contribution in [-0.4, -0.2) is 25.0 Å². The number of anilines is 1. The van der Waals surface area contributed by atoms with E-state index < -0.39 is 17.8 Å². The van der Waals surface area contributed by atoms with Gasteiger partial charge < -0.3 is 9.47 Å². The van der Waals surface area contributed by atoms with Crippen LogP contribution in [0.4, 0.5) is 15.3 Å². The third kappa shape index (κ3) is 4.87. The summed E-state index contributed by atoms with van der Waals surface area (Å²) >= 11 is 0. The van der Waals surface area contributed by atoms with E-state index in [4.69, 9.17) is 9.57 Å². The van der Waals surface area contributed by atoms with E-state index in [1.807, 2.05) is 0 Å². The Bertz CT molecular complexity index is 438. The smallest absolute Gasteiger partial charge is 0.441 e. The van der Waals surface area contributed by atoms with Crippen molar-refractivity contribution in [1.29, 1.82) is 0 Å². The SMILES string of the molecule is COC(=O)ON(C(=O)OC(C)(C)C)c1ccccc1. The van der Waals surface area contributed by atoms with E-state index in [0.717, 1.165) is 12.2 Å². The monoisotopic (exact) mass is 267 g/mol. The lowest BCUT2D eigenvalue weighted by molar-refractivity contribution is 0.0207. The number of hydrogen-bond acceptors (Lipinski definition) is 5. The Morgan fingerprint density at radius 2 is 1.68 bits per heavy atom. The number of carbonyl (C=O) groups is 2. The van der Waals surface area contributed by atoms with Crippen molar-refractivity contribution in [3.8, 4) is 0 Å². The van der Waals surface area contributed by atoms with Gasteiger partial charge in [-0.15, -0.1) is 5.06 Å². The molecule has 19 heavy (non-hydrogen) atoms. The van der Waals surface area contributed by atoms with E-state index in [1.54, 1.807) is 51.1 Å². The molecule has 0 aromatic heterocycles. The first-order valence-corrected chi connectivity index (χ1v) is 5.67. The van der Waals surface area contributed by atoms with Crippen molar-refractivity contribution in [2.24, 2.45) is 0 Å². The summed E-state index contributed by atoms with van der Waals surface area (Å²) in [5.41, 5.74) is -0.342. The third-order valence-electron chi connectivity index (χ3n) is 1.88. The predicted octanol–water partition coefficient (Wildman–Crippen LogP) is 3.13. The van der Waals surface area contributed by atoms with Crippen molar-refractivity contribution < 1.29 is 23.9 Å². The average Bonchev–Trinajstić information content (AvgIpc) is 2.34. The topological polar surface area (TPSA) is 65.1 Å². The van der Waals surface area contributed by atoms with Gasteiger partial charge in [0.15, 0.2) is 0 Å². The summed E-state index contributed by atoms with van der Waals surface area (Å²) in [5.74, 6) is 0. The van der Waals surface area contributed by atoms with Crippen molar-refractivity contribution in [2.75, 3.05) is 12.2 Å². The first-order chi connectivity index (χ1) is 8.83. The molecule has 0 radical (unpaired) electrons. The molecule has 0 saturated carbocycles. The first kappa shape index (κ1) is 14.8. The number of hydrogen-bond donors (Lipinski definition) is 0. The van der Waals surface area contributed by atoms with Gasteiger partial charge >= 0.3 is 12.2 Å². The van der Waals surface area contributed by atoms with Gasteiger partial charge in [0, 0.05) is 0 Å². The highest BCUT2D eigenvalue weighted by Gasteiger charge is 2.27. The number of hydroxylamine groups is 1. The summed E-state index contributed by atoms with van der Waals surface area (Å²) < 4.78 is 9.53. The molecule has 6 nitrogen and oxygen atoms in total. The lowest BCUT2D eigenvalue weighted by Crippen LogP contribution is -2.38. The van der Waals surface area contributed by atoms with Crippen LogP contribution in [0.25, 0.3) is 0 Å². The van der Waals surface area contributed by atoms with Crippen LogP contribution in [0.15, 0.2) is 30.3 Å². The lowest BCUT2D eigenvalue weighted by atomic mass is 10.2. The van der Waals surface area contributed by atoms with Crippen molar-refractivity contribution in [3.05, 3.63) is 30.3 Å². The Kier molecular flexibility index (Phi) is 4.74. The molecule has 0 unspecified atom stereocenters. The Labute approximate surface area is 111 Å². The van der Waals surface area contributed by atoms with Crippen LogP contribution >= 0.6 is 0 Å². The normalized spacial score (nSPS) is 10.5. The molecule has 0 aliphatic carbocycles. The molecule has 0 heterocycles. The van der Waals surface area contributed by atoms with E-state index in [0.29, 0.717) is 5.69 Å². The fourth-order valence-electron chi connectivity index (χ4n) is 1.17. The Hall–Kier alpha value is -2.24. The van der Waals surface area contributed by atoms with Crippen LogP contribution in [0.3, 0.4) is 0 Å². The second kappa shape index (κ2) is 6.08. The van der Waals surface area contributed by atoms with Crippen LogP contribution < -0.4 is 5.06 Å². The van der Waals surface area contributed by atoms with Gasteiger partial charge in [-0.3, -0.25) is 4.84 Å². The predicted molar refractivity (Wildman–Crippen MR) is 68.6 cm³/mol. The van der Waals surface area contributed by atoms with Crippen LogP contribution in [0, 0.1) is 0 Å². The number of carbonyl (C=O) groups excluding carboxylic acids is 2. The second-order valence-electron chi connectivity index (χ2n) is 4.66. The van der Waals surface area contributed by atoms with E-state index in [-0.39, 0.29) is 0 Å². The van der Waals surface area contributed by atoms with Crippen molar-refractivity contribution in [1.82, 2.24) is 0 Å². The molecular formula is C13H17NO5. The van der Waals surface area contributed by atoms with Gasteiger partial charge in [-0.1, -0.05) is 18.2 Å². The summed E-state index contributed by atoms with van der Waals surface area (Å²) in [5, 5.41) is 0.747. The summed E-state index contributed by atoms with van der Waals surface area (Å²) in [4.78, 5) is 27.9. The maximum Gasteiger partial charge on any atom is 0.533 e. The van der Waals surface area contributed by atoms with Gasteiger partial charge in [-0.05, 0) is 32.9 Å².